The summed E-state index contributed by atoms with van der Waals surface area (Å²) in [5, 5.41) is 3.13. The van der Waals surface area contributed by atoms with E-state index in [4.69, 9.17) is 0 Å². The molecule has 0 saturated heterocycles. The number of halogens is 5. The van der Waals surface area contributed by atoms with Gasteiger partial charge in [0, 0.05) is 16.7 Å². The van der Waals surface area contributed by atoms with Crippen molar-refractivity contribution in [3.05, 3.63) is 57.0 Å². The van der Waals surface area contributed by atoms with Crippen molar-refractivity contribution in [1.82, 2.24) is 0 Å². The molecule has 0 radical (unpaired) electrons. The van der Waals surface area contributed by atoms with Crippen LogP contribution in [0.1, 0.15) is 5.56 Å². The van der Waals surface area contributed by atoms with Crippen LogP contribution in [-0.2, 0) is 6.54 Å². The zero-order valence-corrected chi connectivity index (χ0v) is 13.7. The minimum atomic E-state index is -4.70. The second-order valence-corrected chi connectivity index (χ2v) is 5.94. The first-order valence-corrected chi connectivity index (χ1v) is 7.46. The predicted molar refractivity (Wildman–Crippen MR) is 82.3 cm³/mol. The molecular weight excluding hydrogens is 415 g/mol. The molecule has 0 unspecified atom stereocenters. The predicted octanol–water partition coefficient (Wildman–Crippen LogP) is 5.72. The van der Waals surface area contributed by atoms with Crippen LogP contribution in [0.5, 0.6) is 5.75 Å². The van der Waals surface area contributed by atoms with Crippen LogP contribution >= 0.6 is 31.9 Å². The highest BCUT2D eigenvalue weighted by Gasteiger charge is 2.31. The summed E-state index contributed by atoms with van der Waals surface area (Å²) in [6.45, 7) is 0.569. The van der Waals surface area contributed by atoms with Crippen LogP contribution in [0.15, 0.2) is 51.4 Å². The van der Waals surface area contributed by atoms with Gasteiger partial charge < -0.3 is 10.1 Å². The molecule has 1 N–H and O–H groups in total. The van der Waals surface area contributed by atoms with Crippen LogP contribution in [0.4, 0.5) is 18.9 Å². The molecule has 0 heterocycles. The summed E-state index contributed by atoms with van der Waals surface area (Å²) in [5.74, 6) is -0.267. The molecule has 2 aromatic carbocycles. The number of ether oxygens (including phenoxy) is 1. The lowest BCUT2D eigenvalue weighted by atomic mass is 10.2. The molecule has 0 aliphatic heterocycles. The normalized spacial score (nSPS) is 11.3. The standard InChI is InChI=1S/C14H10Br2F3NO/c15-10-3-1-9(2-4-10)8-20-11-5-6-13(12(16)7-11)21-14(17,18)19/h1-7,20H,8H2. The highest BCUT2D eigenvalue weighted by Crippen LogP contribution is 2.32. The Labute approximate surface area is 136 Å². The molecule has 21 heavy (non-hydrogen) atoms. The van der Waals surface area contributed by atoms with Crippen molar-refractivity contribution in [2.24, 2.45) is 0 Å². The van der Waals surface area contributed by atoms with Gasteiger partial charge in [0.1, 0.15) is 5.75 Å². The van der Waals surface area contributed by atoms with E-state index in [0.717, 1.165) is 10.0 Å². The Morgan fingerprint density at radius 1 is 1.00 bits per heavy atom. The second kappa shape index (κ2) is 6.70. The largest absolute Gasteiger partial charge is 0.573 e. The Kier molecular flexibility index (Phi) is 5.16. The lowest BCUT2D eigenvalue weighted by molar-refractivity contribution is -0.274. The molecule has 0 spiro atoms. The Morgan fingerprint density at radius 2 is 1.67 bits per heavy atom. The maximum absolute atomic E-state index is 12.2. The average Bonchev–Trinajstić information content (AvgIpc) is 2.40. The van der Waals surface area contributed by atoms with E-state index in [0.29, 0.717) is 12.2 Å². The first-order valence-electron chi connectivity index (χ1n) is 5.87. The molecule has 7 heteroatoms. The van der Waals surface area contributed by atoms with Crippen LogP contribution in [0.25, 0.3) is 0 Å². The number of rotatable bonds is 4. The molecule has 0 bridgehead atoms. The van der Waals surface area contributed by atoms with Crippen LogP contribution in [0, 0.1) is 0 Å². The summed E-state index contributed by atoms with van der Waals surface area (Å²) in [5.41, 5.74) is 1.75. The fourth-order valence-electron chi connectivity index (χ4n) is 1.62. The van der Waals surface area contributed by atoms with Crippen molar-refractivity contribution in [3.63, 3.8) is 0 Å². The average molecular weight is 425 g/mol. The van der Waals surface area contributed by atoms with Gasteiger partial charge in [0.15, 0.2) is 0 Å². The quantitative estimate of drug-likeness (QED) is 0.677. The molecular formula is C14H10Br2F3NO. The third-order valence-corrected chi connectivity index (χ3v) is 3.72. The zero-order chi connectivity index (χ0) is 15.5. The lowest BCUT2D eigenvalue weighted by Crippen LogP contribution is -2.17. The van der Waals surface area contributed by atoms with Gasteiger partial charge in [-0.05, 0) is 51.8 Å². The van der Waals surface area contributed by atoms with Gasteiger partial charge in [0.2, 0.25) is 0 Å². The second-order valence-electron chi connectivity index (χ2n) is 4.17. The Morgan fingerprint density at radius 3 is 2.24 bits per heavy atom. The molecule has 0 amide bonds. The molecule has 2 rings (SSSR count). The van der Waals surface area contributed by atoms with Gasteiger partial charge in [0.05, 0.1) is 4.47 Å². The van der Waals surface area contributed by atoms with Crippen LogP contribution < -0.4 is 10.1 Å². The Bertz CT molecular complexity index is 615. The molecule has 2 nitrogen and oxygen atoms in total. The van der Waals surface area contributed by atoms with E-state index in [1.807, 2.05) is 24.3 Å². The van der Waals surface area contributed by atoms with Gasteiger partial charge in [0.25, 0.3) is 0 Å². The molecule has 0 aromatic heterocycles. The Balaban J connectivity index is 2.01. The topological polar surface area (TPSA) is 21.3 Å². The lowest BCUT2D eigenvalue weighted by Gasteiger charge is -2.12. The van der Waals surface area contributed by atoms with Crippen molar-refractivity contribution in [1.29, 1.82) is 0 Å². The summed E-state index contributed by atoms with van der Waals surface area (Å²) < 4.78 is 41.6. The summed E-state index contributed by atoms with van der Waals surface area (Å²) in [6, 6.07) is 12.1. The number of alkyl halides is 3. The first-order chi connectivity index (χ1) is 9.83. The van der Waals surface area contributed by atoms with Gasteiger partial charge in [-0.2, -0.15) is 0 Å². The van der Waals surface area contributed by atoms with E-state index in [2.05, 4.69) is 41.9 Å². The maximum atomic E-state index is 12.2. The van der Waals surface area contributed by atoms with E-state index in [9.17, 15) is 13.2 Å². The van der Waals surface area contributed by atoms with Crippen molar-refractivity contribution in [2.75, 3.05) is 5.32 Å². The van der Waals surface area contributed by atoms with Crippen LogP contribution in [0.2, 0.25) is 0 Å². The molecule has 0 fully saturated rings. The fraction of sp³-hybridized carbons (Fsp3) is 0.143. The summed E-state index contributed by atoms with van der Waals surface area (Å²) >= 11 is 6.41. The fourth-order valence-corrected chi connectivity index (χ4v) is 2.35. The van der Waals surface area contributed by atoms with Crippen molar-refractivity contribution >= 4 is 37.5 Å². The van der Waals surface area contributed by atoms with Crippen molar-refractivity contribution < 1.29 is 17.9 Å². The molecule has 0 aliphatic carbocycles. The SMILES string of the molecule is FC(F)(F)Oc1ccc(NCc2ccc(Br)cc2)cc1Br. The smallest absolute Gasteiger partial charge is 0.405 e. The minimum absolute atomic E-state index is 0.237. The number of anilines is 1. The molecule has 0 saturated carbocycles. The van der Waals surface area contributed by atoms with E-state index in [-0.39, 0.29) is 10.2 Å². The van der Waals surface area contributed by atoms with E-state index >= 15 is 0 Å². The zero-order valence-electron chi connectivity index (χ0n) is 10.5. The highest BCUT2D eigenvalue weighted by atomic mass is 79.9. The first kappa shape index (κ1) is 16.2. The van der Waals surface area contributed by atoms with E-state index in [1.165, 1.54) is 12.1 Å². The van der Waals surface area contributed by atoms with Gasteiger partial charge in [-0.1, -0.05) is 28.1 Å². The van der Waals surface area contributed by atoms with Gasteiger partial charge >= 0.3 is 6.36 Å². The minimum Gasteiger partial charge on any atom is -0.405 e. The maximum Gasteiger partial charge on any atom is 0.573 e. The van der Waals surface area contributed by atoms with Crippen molar-refractivity contribution in [3.8, 4) is 5.75 Å². The monoisotopic (exact) mass is 423 g/mol. The summed E-state index contributed by atoms with van der Waals surface area (Å²) in [7, 11) is 0. The Hall–Kier alpha value is -1.21. The third-order valence-electron chi connectivity index (χ3n) is 2.57. The number of hydrogen-bond donors (Lipinski definition) is 1. The third kappa shape index (κ3) is 5.24. The summed E-state index contributed by atoms with van der Waals surface area (Å²) in [4.78, 5) is 0. The van der Waals surface area contributed by atoms with Gasteiger partial charge in [-0.3, -0.25) is 0 Å². The van der Waals surface area contributed by atoms with Gasteiger partial charge in [-0.15, -0.1) is 13.2 Å². The van der Waals surface area contributed by atoms with Gasteiger partial charge in [-0.25, -0.2) is 0 Å². The van der Waals surface area contributed by atoms with Crippen LogP contribution in [-0.4, -0.2) is 6.36 Å². The molecule has 0 atom stereocenters. The molecule has 112 valence electrons. The van der Waals surface area contributed by atoms with E-state index in [1.54, 1.807) is 6.07 Å². The molecule has 0 aliphatic rings. The number of hydrogen-bond acceptors (Lipinski definition) is 2. The van der Waals surface area contributed by atoms with E-state index < -0.39 is 6.36 Å². The summed E-state index contributed by atoms with van der Waals surface area (Å²) in [6.07, 6.45) is -4.70. The highest BCUT2D eigenvalue weighted by molar-refractivity contribution is 9.10. The number of benzene rings is 2. The van der Waals surface area contributed by atoms with Crippen LogP contribution in [0.3, 0.4) is 0 Å². The molecule has 2 aromatic rings. The van der Waals surface area contributed by atoms with Crippen molar-refractivity contribution in [2.45, 2.75) is 12.9 Å². The number of nitrogens with one attached hydrogen (secondary N) is 1.